The van der Waals surface area contributed by atoms with Gasteiger partial charge in [-0.3, -0.25) is 9.69 Å². The van der Waals surface area contributed by atoms with Crippen molar-refractivity contribution < 1.29 is 14.3 Å². The number of H-pyrrole nitrogens is 1. The molecule has 5 rings (SSSR count). The average molecular weight is 493 g/mol. The number of pyridine rings is 2. The number of nitrogens with one attached hydrogen (secondary N) is 2. The Bertz CT molecular complexity index is 1170. The molecule has 2 N–H and O–H groups in total. The Kier molecular flexibility index (Phi) is 7.50. The van der Waals surface area contributed by atoms with E-state index in [2.05, 4.69) is 43.2 Å². The first-order valence-corrected chi connectivity index (χ1v) is 12.8. The largest absolute Gasteiger partial charge is 0.357 e. The molecule has 2 saturated heterocycles. The summed E-state index contributed by atoms with van der Waals surface area (Å²) in [4.78, 5) is 30.0. The number of carbonyl (C=O) groups is 1. The summed E-state index contributed by atoms with van der Waals surface area (Å²) in [5, 5.41) is 3.97. The van der Waals surface area contributed by atoms with Crippen molar-refractivity contribution in [3.8, 4) is 0 Å². The van der Waals surface area contributed by atoms with Gasteiger partial charge in [-0.05, 0) is 63.4 Å². The maximum Gasteiger partial charge on any atom is 0.258 e. The minimum Gasteiger partial charge on any atom is -0.357 e. The second-order valence-electron chi connectivity index (χ2n) is 9.95. The highest BCUT2D eigenvalue weighted by Gasteiger charge is 2.25. The molecule has 2 aliphatic heterocycles. The number of amides is 1. The highest BCUT2D eigenvalue weighted by Crippen LogP contribution is 2.32. The lowest BCUT2D eigenvalue weighted by molar-refractivity contribution is -0.115. The molecule has 1 amide bonds. The molecule has 1 unspecified atom stereocenters. The van der Waals surface area contributed by atoms with E-state index < -0.39 is 0 Å². The number of rotatable bonds is 8. The SMILES string of the molecule is COC(CC1CCN(c2ccc(C(=O)Nc3cc4[nH]c(C5CCCN5C)cc4cn3)cn2)CC1)OC. The molecule has 36 heavy (non-hydrogen) atoms. The zero-order valence-corrected chi connectivity index (χ0v) is 21.4. The molecule has 9 heteroatoms. The standard InChI is InChI=1S/C27H36N6O3/c1-32-10-4-5-23(32)22-14-20-17-28-24(15-21(20)30-22)31-27(34)19-6-7-25(29-16-19)33-11-8-18(9-12-33)13-26(35-2)36-3/h6-7,14-18,23,26,30H,4-5,8-13H2,1-3H3,(H,28,31,34). The smallest absolute Gasteiger partial charge is 0.258 e. The number of likely N-dealkylation sites (tertiary alicyclic amines) is 1. The predicted octanol–water partition coefficient (Wildman–Crippen LogP) is 4.20. The molecule has 2 aliphatic rings. The number of anilines is 2. The van der Waals surface area contributed by atoms with E-state index >= 15 is 0 Å². The highest BCUT2D eigenvalue weighted by atomic mass is 16.7. The molecule has 3 aromatic rings. The minimum atomic E-state index is -0.216. The number of aromatic nitrogens is 3. The van der Waals surface area contributed by atoms with Crippen molar-refractivity contribution in [2.24, 2.45) is 5.92 Å². The van der Waals surface area contributed by atoms with Crippen LogP contribution < -0.4 is 10.2 Å². The van der Waals surface area contributed by atoms with E-state index in [1.165, 1.54) is 12.1 Å². The summed E-state index contributed by atoms with van der Waals surface area (Å²) in [6.07, 6.45) is 8.73. The van der Waals surface area contributed by atoms with Gasteiger partial charge < -0.3 is 24.7 Å². The molecule has 0 aliphatic carbocycles. The van der Waals surface area contributed by atoms with Gasteiger partial charge in [-0.2, -0.15) is 0 Å². The third-order valence-electron chi connectivity index (χ3n) is 7.65. The van der Waals surface area contributed by atoms with E-state index in [4.69, 9.17) is 9.47 Å². The topological polar surface area (TPSA) is 95.6 Å². The number of hydrogen-bond acceptors (Lipinski definition) is 7. The van der Waals surface area contributed by atoms with Gasteiger partial charge in [-0.1, -0.05) is 0 Å². The summed E-state index contributed by atoms with van der Waals surface area (Å²) in [6, 6.07) is 8.23. The highest BCUT2D eigenvalue weighted by molar-refractivity contribution is 6.04. The number of fused-ring (bicyclic) bond motifs is 1. The van der Waals surface area contributed by atoms with Gasteiger partial charge in [0.25, 0.3) is 5.91 Å². The number of nitrogens with zero attached hydrogens (tertiary/aromatic N) is 4. The molecule has 0 radical (unpaired) electrons. The van der Waals surface area contributed by atoms with Crippen LogP contribution in [-0.2, 0) is 9.47 Å². The fourth-order valence-corrected chi connectivity index (χ4v) is 5.45. The molecular weight excluding hydrogens is 456 g/mol. The Hall–Kier alpha value is -3.01. The molecule has 5 heterocycles. The molecule has 0 aromatic carbocycles. The molecule has 0 bridgehead atoms. The van der Waals surface area contributed by atoms with Gasteiger partial charge in [0, 0.05) is 69.3 Å². The van der Waals surface area contributed by atoms with Gasteiger partial charge in [-0.25, -0.2) is 9.97 Å². The van der Waals surface area contributed by atoms with E-state index in [1.807, 2.05) is 24.4 Å². The van der Waals surface area contributed by atoms with Gasteiger partial charge in [0.15, 0.2) is 6.29 Å². The first-order chi connectivity index (χ1) is 17.5. The van der Waals surface area contributed by atoms with Crippen LogP contribution in [0.25, 0.3) is 10.9 Å². The Morgan fingerprint density at radius 2 is 1.92 bits per heavy atom. The maximum atomic E-state index is 12.9. The fourth-order valence-electron chi connectivity index (χ4n) is 5.45. The minimum absolute atomic E-state index is 0.138. The zero-order valence-electron chi connectivity index (χ0n) is 21.4. The van der Waals surface area contributed by atoms with Gasteiger partial charge in [0.05, 0.1) is 11.1 Å². The van der Waals surface area contributed by atoms with Crippen LogP contribution in [0.5, 0.6) is 0 Å². The summed E-state index contributed by atoms with van der Waals surface area (Å²) < 4.78 is 10.7. The van der Waals surface area contributed by atoms with Crippen LogP contribution in [-0.4, -0.2) is 73.0 Å². The van der Waals surface area contributed by atoms with E-state index in [9.17, 15) is 4.79 Å². The molecule has 2 fully saturated rings. The quantitative estimate of drug-likeness (QED) is 0.455. The average Bonchev–Trinajstić information content (AvgIpc) is 3.53. The van der Waals surface area contributed by atoms with Gasteiger partial charge >= 0.3 is 0 Å². The number of piperidine rings is 1. The van der Waals surface area contributed by atoms with Crippen LogP contribution in [0.2, 0.25) is 0 Å². The van der Waals surface area contributed by atoms with E-state index in [-0.39, 0.29) is 12.2 Å². The molecule has 3 aromatic heterocycles. The number of ether oxygens (including phenoxy) is 2. The summed E-state index contributed by atoms with van der Waals surface area (Å²) in [5.74, 6) is 1.79. The van der Waals surface area contributed by atoms with Gasteiger partial charge in [0.1, 0.15) is 11.6 Å². The second kappa shape index (κ2) is 10.9. The number of methoxy groups -OCH3 is 2. The molecule has 0 spiro atoms. The van der Waals surface area contributed by atoms with Crippen molar-refractivity contribution in [3.05, 3.63) is 47.9 Å². The van der Waals surface area contributed by atoms with E-state index in [0.29, 0.717) is 23.3 Å². The first kappa shape index (κ1) is 24.7. The third-order valence-corrected chi connectivity index (χ3v) is 7.65. The molecule has 9 nitrogen and oxygen atoms in total. The maximum absolute atomic E-state index is 12.9. The molecule has 0 saturated carbocycles. The lowest BCUT2D eigenvalue weighted by Gasteiger charge is -2.33. The van der Waals surface area contributed by atoms with Crippen LogP contribution in [0.15, 0.2) is 36.7 Å². The predicted molar refractivity (Wildman–Crippen MR) is 140 cm³/mol. The summed E-state index contributed by atoms with van der Waals surface area (Å²) >= 11 is 0. The van der Waals surface area contributed by atoms with Crippen LogP contribution >= 0.6 is 0 Å². The van der Waals surface area contributed by atoms with Crippen molar-refractivity contribution in [1.29, 1.82) is 0 Å². The zero-order chi connectivity index (χ0) is 25.1. The number of carbonyl (C=O) groups excluding carboxylic acids is 1. The normalized spacial score (nSPS) is 19.4. The van der Waals surface area contributed by atoms with Crippen molar-refractivity contribution in [3.63, 3.8) is 0 Å². The third kappa shape index (κ3) is 5.38. The van der Waals surface area contributed by atoms with Crippen molar-refractivity contribution in [2.75, 3.05) is 51.1 Å². The number of hydrogen-bond donors (Lipinski definition) is 2. The van der Waals surface area contributed by atoms with Gasteiger partial charge in [-0.15, -0.1) is 0 Å². The first-order valence-electron chi connectivity index (χ1n) is 12.8. The van der Waals surface area contributed by atoms with E-state index in [1.54, 1.807) is 20.4 Å². The monoisotopic (exact) mass is 492 g/mol. The molecular formula is C27H36N6O3. The summed E-state index contributed by atoms with van der Waals surface area (Å²) in [6.45, 7) is 2.98. The van der Waals surface area contributed by atoms with Crippen molar-refractivity contribution in [1.82, 2.24) is 19.9 Å². The van der Waals surface area contributed by atoms with Crippen LogP contribution in [0, 0.1) is 5.92 Å². The van der Waals surface area contributed by atoms with Crippen molar-refractivity contribution in [2.45, 2.75) is 44.4 Å². The Labute approximate surface area is 212 Å². The molecule has 1 atom stereocenters. The Morgan fingerprint density at radius 3 is 2.58 bits per heavy atom. The van der Waals surface area contributed by atoms with E-state index in [0.717, 1.165) is 62.0 Å². The molecule has 192 valence electrons. The van der Waals surface area contributed by atoms with Gasteiger partial charge in [0.2, 0.25) is 0 Å². The Balaban J connectivity index is 1.18. The van der Waals surface area contributed by atoms with Crippen molar-refractivity contribution >= 4 is 28.4 Å². The fraction of sp³-hybridized carbons (Fsp3) is 0.519. The summed E-state index contributed by atoms with van der Waals surface area (Å²) in [7, 11) is 5.53. The second-order valence-corrected chi connectivity index (χ2v) is 9.95. The number of aromatic amines is 1. The van der Waals surface area contributed by atoms with Crippen LogP contribution in [0.4, 0.5) is 11.6 Å². The van der Waals surface area contributed by atoms with Crippen LogP contribution in [0.3, 0.4) is 0 Å². The Morgan fingerprint density at radius 1 is 1.11 bits per heavy atom. The lowest BCUT2D eigenvalue weighted by atomic mass is 9.93. The summed E-state index contributed by atoms with van der Waals surface area (Å²) in [5.41, 5.74) is 2.70. The lowest BCUT2D eigenvalue weighted by Crippen LogP contribution is -2.35. The van der Waals surface area contributed by atoms with Crippen LogP contribution in [0.1, 0.15) is 54.2 Å².